The molecule has 4 nitrogen and oxygen atoms in total. The van der Waals surface area contributed by atoms with Gasteiger partial charge < -0.3 is 11.1 Å². The van der Waals surface area contributed by atoms with Gasteiger partial charge in [0, 0.05) is 35.4 Å². The number of benzene rings is 1. The number of carbonyl (C=O) groups excluding carboxylic acids is 1. The van der Waals surface area contributed by atoms with Gasteiger partial charge in [0.05, 0.1) is 6.42 Å². The molecule has 1 rings (SSSR count). The number of carbonyl (C=O) groups is 1. The van der Waals surface area contributed by atoms with Crippen LogP contribution in [0.5, 0.6) is 0 Å². The number of nitrogens with two attached hydrogens (primary N) is 1. The number of hydrogen-bond acceptors (Lipinski definition) is 3. The summed E-state index contributed by atoms with van der Waals surface area (Å²) in [5, 5.41) is 2.76. The van der Waals surface area contributed by atoms with E-state index in [2.05, 4.69) is 5.32 Å². The molecule has 0 fully saturated rings. The lowest BCUT2D eigenvalue weighted by Gasteiger charge is -2.10. The summed E-state index contributed by atoms with van der Waals surface area (Å²) >= 11 is 0. The second-order valence-corrected chi connectivity index (χ2v) is 6.11. The van der Waals surface area contributed by atoms with E-state index in [1.165, 1.54) is 0 Å². The Morgan fingerprint density at radius 3 is 2.39 bits per heavy atom. The van der Waals surface area contributed by atoms with Crippen LogP contribution in [-0.2, 0) is 28.6 Å². The Labute approximate surface area is 110 Å². The molecule has 2 atom stereocenters. The number of nitrogens with one attached hydrogen (secondary N) is 1. The third-order valence-corrected chi connectivity index (χ3v) is 4.08. The van der Waals surface area contributed by atoms with E-state index in [9.17, 15) is 9.00 Å². The van der Waals surface area contributed by atoms with Crippen LogP contribution in [-0.4, -0.2) is 28.2 Å². The number of rotatable bonds is 6. The number of hydrogen-bond donors (Lipinski definition) is 2. The normalized spacial score (nSPS) is 13.9. The zero-order valence-corrected chi connectivity index (χ0v) is 11.6. The highest BCUT2D eigenvalue weighted by atomic mass is 32.2. The molecule has 2 unspecified atom stereocenters. The van der Waals surface area contributed by atoms with E-state index in [4.69, 9.17) is 5.73 Å². The largest absolute Gasteiger partial charge is 0.355 e. The van der Waals surface area contributed by atoms with Crippen LogP contribution in [0.25, 0.3) is 0 Å². The van der Waals surface area contributed by atoms with Gasteiger partial charge in [0.2, 0.25) is 5.91 Å². The van der Waals surface area contributed by atoms with Crippen molar-refractivity contribution in [2.24, 2.45) is 5.73 Å². The molecule has 0 saturated heterocycles. The van der Waals surface area contributed by atoms with Crippen LogP contribution in [0.3, 0.4) is 0 Å². The Bertz CT molecular complexity index is 418. The van der Waals surface area contributed by atoms with E-state index in [0.29, 0.717) is 19.5 Å². The lowest BCUT2D eigenvalue weighted by molar-refractivity contribution is -0.120. The molecular weight excluding hydrogens is 248 g/mol. The summed E-state index contributed by atoms with van der Waals surface area (Å²) in [7, 11) is -0.906. The molecule has 0 heterocycles. The molecule has 0 radical (unpaired) electrons. The SMILES string of the molecule is CC(CNC(=O)Cc1ccc(CN)cc1)S(C)=O. The molecule has 1 aromatic rings. The molecule has 3 N–H and O–H groups in total. The van der Waals surface area contributed by atoms with Crippen LogP contribution in [0.2, 0.25) is 0 Å². The van der Waals surface area contributed by atoms with Gasteiger partial charge in [-0.05, 0) is 18.1 Å². The highest BCUT2D eigenvalue weighted by Gasteiger charge is 2.08. The Morgan fingerprint density at radius 1 is 1.33 bits per heavy atom. The molecule has 100 valence electrons. The predicted molar refractivity (Wildman–Crippen MR) is 74.6 cm³/mol. The van der Waals surface area contributed by atoms with E-state index in [1.807, 2.05) is 31.2 Å². The van der Waals surface area contributed by atoms with E-state index in [1.54, 1.807) is 6.26 Å². The lowest BCUT2D eigenvalue weighted by atomic mass is 10.1. The van der Waals surface area contributed by atoms with Crippen molar-refractivity contribution in [1.82, 2.24) is 5.32 Å². The van der Waals surface area contributed by atoms with E-state index in [-0.39, 0.29) is 11.2 Å². The fourth-order valence-corrected chi connectivity index (χ4v) is 1.73. The summed E-state index contributed by atoms with van der Waals surface area (Å²) in [5.74, 6) is -0.0483. The van der Waals surface area contributed by atoms with E-state index in [0.717, 1.165) is 11.1 Å². The van der Waals surface area contributed by atoms with Crippen molar-refractivity contribution in [2.45, 2.75) is 25.1 Å². The molecule has 18 heavy (non-hydrogen) atoms. The average molecular weight is 268 g/mol. The van der Waals surface area contributed by atoms with Gasteiger partial charge in [0.15, 0.2) is 0 Å². The molecule has 0 saturated carbocycles. The fraction of sp³-hybridized carbons (Fsp3) is 0.462. The van der Waals surface area contributed by atoms with E-state index >= 15 is 0 Å². The van der Waals surface area contributed by atoms with Crippen LogP contribution >= 0.6 is 0 Å². The first-order valence-electron chi connectivity index (χ1n) is 5.89. The smallest absolute Gasteiger partial charge is 0.224 e. The Morgan fingerprint density at radius 2 is 1.89 bits per heavy atom. The monoisotopic (exact) mass is 268 g/mol. The summed E-state index contributed by atoms with van der Waals surface area (Å²) < 4.78 is 11.1. The van der Waals surface area contributed by atoms with Crippen molar-refractivity contribution in [3.8, 4) is 0 Å². The standard InChI is InChI=1S/C13H20N2O2S/c1-10(18(2)17)9-15-13(16)7-11-3-5-12(8-14)6-4-11/h3-6,10H,7-9,14H2,1-2H3,(H,15,16). The Hall–Kier alpha value is -1.20. The van der Waals surface area contributed by atoms with Crippen molar-refractivity contribution >= 4 is 16.7 Å². The molecule has 1 amide bonds. The minimum Gasteiger partial charge on any atom is -0.355 e. The second kappa shape index (κ2) is 7.28. The van der Waals surface area contributed by atoms with Crippen molar-refractivity contribution in [1.29, 1.82) is 0 Å². The summed E-state index contributed by atoms with van der Waals surface area (Å²) in [6, 6.07) is 7.66. The fourth-order valence-electron chi connectivity index (χ4n) is 1.42. The van der Waals surface area contributed by atoms with Gasteiger partial charge in [-0.1, -0.05) is 24.3 Å². The predicted octanol–water partition coefficient (Wildman–Crippen LogP) is 0.571. The summed E-state index contributed by atoms with van der Waals surface area (Å²) in [4.78, 5) is 11.7. The summed E-state index contributed by atoms with van der Waals surface area (Å²) in [6.07, 6.45) is 1.98. The second-order valence-electron chi connectivity index (χ2n) is 4.31. The van der Waals surface area contributed by atoms with E-state index < -0.39 is 10.8 Å². The van der Waals surface area contributed by atoms with Gasteiger partial charge in [0.25, 0.3) is 0 Å². The minimum absolute atomic E-state index is 0.0198. The van der Waals surface area contributed by atoms with Crippen LogP contribution in [0, 0.1) is 0 Å². The van der Waals surface area contributed by atoms with Crippen molar-refractivity contribution in [3.05, 3.63) is 35.4 Å². The zero-order valence-electron chi connectivity index (χ0n) is 10.8. The van der Waals surface area contributed by atoms with Crippen LogP contribution in [0.4, 0.5) is 0 Å². The molecule has 5 heteroatoms. The third kappa shape index (κ3) is 4.98. The van der Waals surface area contributed by atoms with Gasteiger partial charge in [-0.15, -0.1) is 0 Å². The minimum atomic E-state index is -0.906. The van der Waals surface area contributed by atoms with Crippen LogP contribution in [0.15, 0.2) is 24.3 Å². The van der Waals surface area contributed by atoms with Crippen LogP contribution in [0.1, 0.15) is 18.1 Å². The zero-order chi connectivity index (χ0) is 13.5. The van der Waals surface area contributed by atoms with Gasteiger partial charge in [-0.3, -0.25) is 9.00 Å². The Kier molecular flexibility index (Phi) is 6.01. The van der Waals surface area contributed by atoms with Crippen molar-refractivity contribution in [2.75, 3.05) is 12.8 Å². The summed E-state index contributed by atoms with van der Waals surface area (Å²) in [5.41, 5.74) is 7.51. The summed E-state index contributed by atoms with van der Waals surface area (Å²) in [6.45, 7) is 2.81. The lowest BCUT2D eigenvalue weighted by Crippen LogP contribution is -2.33. The maximum atomic E-state index is 11.7. The first-order chi connectivity index (χ1) is 8.52. The molecule has 0 aliphatic heterocycles. The Balaban J connectivity index is 2.42. The van der Waals surface area contributed by atoms with Crippen LogP contribution < -0.4 is 11.1 Å². The topological polar surface area (TPSA) is 72.2 Å². The maximum absolute atomic E-state index is 11.7. The molecule has 0 aliphatic rings. The van der Waals surface area contributed by atoms with Gasteiger partial charge >= 0.3 is 0 Å². The third-order valence-electron chi connectivity index (χ3n) is 2.78. The quantitative estimate of drug-likeness (QED) is 0.792. The molecule has 0 aliphatic carbocycles. The first-order valence-corrected chi connectivity index (χ1v) is 7.52. The van der Waals surface area contributed by atoms with Gasteiger partial charge in [-0.2, -0.15) is 0 Å². The van der Waals surface area contributed by atoms with Gasteiger partial charge in [0.1, 0.15) is 0 Å². The molecule has 0 bridgehead atoms. The van der Waals surface area contributed by atoms with Crippen molar-refractivity contribution < 1.29 is 9.00 Å². The van der Waals surface area contributed by atoms with Gasteiger partial charge in [-0.25, -0.2) is 0 Å². The van der Waals surface area contributed by atoms with Crippen molar-refractivity contribution in [3.63, 3.8) is 0 Å². The molecular formula is C13H20N2O2S. The molecule has 0 aromatic heterocycles. The first kappa shape index (κ1) is 14.9. The maximum Gasteiger partial charge on any atom is 0.224 e. The average Bonchev–Trinajstić information content (AvgIpc) is 2.36. The highest BCUT2D eigenvalue weighted by molar-refractivity contribution is 7.84. The molecule has 1 aromatic carbocycles. The highest BCUT2D eigenvalue weighted by Crippen LogP contribution is 2.04. The number of amides is 1. The molecule has 0 spiro atoms.